The number of rotatable bonds is 1. The molecular weight excluding hydrogens is 271 g/mol. The zero-order valence-electron chi connectivity index (χ0n) is 6.75. The topological polar surface area (TPSA) is 37.3 Å². The van der Waals surface area contributed by atoms with Gasteiger partial charge in [0.25, 0.3) is 0 Å². The van der Waals surface area contributed by atoms with Crippen molar-refractivity contribution in [1.29, 1.82) is 0 Å². The third kappa shape index (κ3) is 1.33. The van der Waals surface area contributed by atoms with Crippen LogP contribution in [0.5, 0.6) is 0 Å². The van der Waals surface area contributed by atoms with E-state index >= 15 is 0 Å². The van der Waals surface area contributed by atoms with E-state index in [0.717, 1.165) is 11.3 Å². The molecule has 14 heavy (non-hydrogen) atoms. The molecule has 1 aromatic carbocycles. The molecule has 0 saturated carbocycles. The Morgan fingerprint density at radius 2 is 2.21 bits per heavy atom. The number of hydrogen-bond donors (Lipinski definition) is 1. The molecule has 72 valence electrons. The summed E-state index contributed by atoms with van der Waals surface area (Å²) >= 11 is 4.09. The largest absolute Gasteiger partial charge is 0.477 e. The van der Waals surface area contributed by atoms with Crippen molar-refractivity contribution in [1.82, 2.24) is 0 Å². The lowest BCUT2D eigenvalue weighted by Gasteiger charge is -1.90. The molecule has 0 atom stereocenters. The number of benzene rings is 1. The van der Waals surface area contributed by atoms with Gasteiger partial charge in [-0.2, -0.15) is 0 Å². The standard InChI is InChI=1S/C9H4BrFO2S/c10-6-4-2-1-3-5(11)7(4)14-8(6)9(12)13/h1-3H,(H,12,13). The lowest BCUT2D eigenvalue weighted by molar-refractivity contribution is 0.0701. The van der Waals surface area contributed by atoms with Crippen molar-refractivity contribution < 1.29 is 14.3 Å². The lowest BCUT2D eigenvalue weighted by atomic mass is 10.2. The molecule has 0 aliphatic carbocycles. The van der Waals surface area contributed by atoms with Gasteiger partial charge in [-0.1, -0.05) is 12.1 Å². The SMILES string of the molecule is O=C(O)c1sc2c(F)cccc2c1Br. The first-order valence-electron chi connectivity index (χ1n) is 3.71. The van der Waals surface area contributed by atoms with Crippen LogP contribution in [0.2, 0.25) is 0 Å². The third-order valence-corrected chi connectivity index (χ3v) is 4.09. The maximum absolute atomic E-state index is 13.2. The van der Waals surface area contributed by atoms with Gasteiger partial charge in [0, 0.05) is 5.39 Å². The summed E-state index contributed by atoms with van der Waals surface area (Å²) in [4.78, 5) is 10.9. The van der Waals surface area contributed by atoms with Gasteiger partial charge in [0.15, 0.2) is 0 Å². The number of fused-ring (bicyclic) bond motifs is 1. The summed E-state index contributed by atoms with van der Waals surface area (Å²) in [6.45, 7) is 0. The van der Waals surface area contributed by atoms with E-state index in [1.807, 2.05) is 0 Å². The Balaban J connectivity index is 2.86. The van der Waals surface area contributed by atoms with Crippen LogP contribution >= 0.6 is 27.3 Å². The smallest absolute Gasteiger partial charge is 0.347 e. The van der Waals surface area contributed by atoms with Crippen molar-refractivity contribution in [2.75, 3.05) is 0 Å². The van der Waals surface area contributed by atoms with E-state index in [4.69, 9.17) is 5.11 Å². The van der Waals surface area contributed by atoms with E-state index in [0.29, 0.717) is 14.6 Å². The Morgan fingerprint density at radius 3 is 2.79 bits per heavy atom. The Bertz CT molecular complexity index is 521. The fraction of sp³-hybridized carbons (Fsp3) is 0. The molecule has 2 aromatic rings. The first-order valence-corrected chi connectivity index (χ1v) is 5.32. The van der Waals surface area contributed by atoms with Gasteiger partial charge < -0.3 is 5.11 Å². The maximum Gasteiger partial charge on any atom is 0.347 e. The predicted molar refractivity (Wildman–Crippen MR) is 56.4 cm³/mol. The molecule has 2 nitrogen and oxygen atoms in total. The normalized spacial score (nSPS) is 10.7. The van der Waals surface area contributed by atoms with E-state index in [-0.39, 0.29) is 10.7 Å². The number of halogens is 2. The highest BCUT2D eigenvalue weighted by Crippen LogP contribution is 2.36. The van der Waals surface area contributed by atoms with Gasteiger partial charge in [-0.25, -0.2) is 9.18 Å². The van der Waals surface area contributed by atoms with Gasteiger partial charge in [-0.15, -0.1) is 11.3 Å². The van der Waals surface area contributed by atoms with E-state index in [1.165, 1.54) is 6.07 Å². The highest BCUT2D eigenvalue weighted by atomic mass is 79.9. The molecular formula is C9H4BrFO2S. The summed E-state index contributed by atoms with van der Waals surface area (Å²) in [5.74, 6) is -1.43. The summed E-state index contributed by atoms with van der Waals surface area (Å²) in [5, 5.41) is 9.42. The number of carboxylic acids is 1. The molecule has 2 rings (SSSR count). The highest BCUT2D eigenvalue weighted by Gasteiger charge is 2.17. The van der Waals surface area contributed by atoms with Crippen LogP contribution in [-0.4, -0.2) is 11.1 Å². The maximum atomic E-state index is 13.2. The molecule has 0 amide bonds. The minimum atomic E-state index is -1.04. The monoisotopic (exact) mass is 274 g/mol. The minimum Gasteiger partial charge on any atom is -0.477 e. The molecule has 0 saturated heterocycles. The Kier molecular flexibility index (Phi) is 2.28. The molecule has 0 bridgehead atoms. The van der Waals surface area contributed by atoms with Gasteiger partial charge in [0.1, 0.15) is 10.7 Å². The average Bonchev–Trinajstić information content (AvgIpc) is 2.46. The molecule has 0 radical (unpaired) electrons. The highest BCUT2D eigenvalue weighted by molar-refractivity contribution is 9.10. The summed E-state index contributed by atoms with van der Waals surface area (Å²) in [6.07, 6.45) is 0. The number of carbonyl (C=O) groups is 1. The van der Waals surface area contributed by atoms with Gasteiger partial charge in [0.2, 0.25) is 0 Å². The van der Waals surface area contributed by atoms with Crippen LogP contribution in [0.25, 0.3) is 10.1 Å². The van der Waals surface area contributed by atoms with Crippen molar-refractivity contribution in [3.05, 3.63) is 33.4 Å². The predicted octanol–water partition coefficient (Wildman–Crippen LogP) is 3.50. The van der Waals surface area contributed by atoms with E-state index in [9.17, 15) is 9.18 Å². The molecule has 1 N–H and O–H groups in total. The molecule has 1 heterocycles. The van der Waals surface area contributed by atoms with Crippen LogP contribution < -0.4 is 0 Å². The quantitative estimate of drug-likeness (QED) is 0.864. The minimum absolute atomic E-state index is 0.130. The van der Waals surface area contributed by atoms with Crippen molar-refractivity contribution >= 4 is 43.3 Å². The third-order valence-electron chi connectivity index (χ3n) is 1.80. The number of carboxylic acid groups (broad SMARTS) is 1. The van der Waals surface area contributed by atoms with Gasteiger partial charge in [-0.3, -0.25) is 0 Å². The molecule has 1 aromatic heterocycles. The second-order valence-corrected chi connectivity index (χ2v) is 4.48. The van der Waals surface area contributed by atoms with Crippen LogP contribution in [0, 0.1) is 5.82 Å². The van der Waals surface area contributed by atoms with Gasteiger partial charge >= 0.3 is 5.97 Å². The van der Waals surface area contributed by atoms with Crippen LogP contribution in [0.15, 0.2) is 22.7 Å². The Hall–Kier alpha value is -0.940. The number of thiophene rings is 1. The van der Waals surface area contributed by atoms with E-state index in [1.54, 1.807) is 12.1 Å². The van der Waals surface area contributed by atoms with Gasteiger partial charge in [-0.05, 0) is 22.0 Å². The average molecular weight is 275 g/mol. The second kappa shape index (κ2) is 3.33. The molecule has 5 heteroatoms. The summed E-state index contributed by atoms with van der Waals surface area (Å²) in [6, 6.07) is 4.56. The van der Waals surface area contributed by atoms with Crippen molar-refractivity contribution in [2.24, 2.45) is 0 Å². The second-order valence-electron chi connectivity index (χ2n) is 2.67. The lowest BCUT2D eigenvalue weighted by Crippen LogP contribution is -1.91. The fourth-order valence-corrected chi connectivity index (χ4v) is 3.00. The molecule has 0 aliphatic heterocycles. The molecule has 0 spiro atoms. The molecule has 0 unspecified atom stereocenters. The summed E-state index contributed by atoms with van der Waals surface area (Å²) in [7, 11) is 0. The van der Waals surface area contributed by atoms with Gasteiger partial charge in [0.05, 0.1) is 9.17 Å². The summed E-state index contributed by atoms with van der Waals surface area (Å²) < 4.78 is 14.1. The van der Waals surface area contributed by atoms with Crippen LogP contribution in [0.4, 0.5) is 4.39 Å². The van der Waals surface area contributed by atoms with E-state index < -0.39 is 5.97 Å². The first kappa shape index (κ1) is 9.61. The van der Waals surface area contributed by atoms with Crippen LogP contribution in [0.3, 0.4) is 0 Å². The first-order chi connectivity index (χ1) is 6.61. The fourth-order valence-electron chi connectivity index (χ4n) is 1.19. The van der Waals surface area contributed by atoms with Crippen molar-refractivity contribution in [3.63, 3.8) is 0 Å². The zero-order chi connectivity index (χ0) is 10.3. The van der Waals surface area contributed by atoms with Crippen LogP contribution in [-0.2, 0) is 0 Å². The van der Waals surface area contributed by atoms with Crippen molar-refractivity contribution in [3.8, 4) is 0 Å². The van der Waals surface area contributed by atoms with Crippen molar-refractivity contribution in [2.45, 2.75) is 0 Å². The zero-order valence-corrected chi connectivity index (χ0v) is 9.15. The molecule has 0 fully saturated rings. The Morgan fingerprint density at radius 1 is 1.50 bits per heavy atom. The van der Waals surface area contributed by atoms with Crippen LogP contribution in [0.1, 0.15) is 9.67 Å². The number of aromatic carboxylic acids is 1. The summed E-state index contributed by atoms with van der Waals surface area (Å²) in [5.41, 5.74) is 0. The van der Waals surface area contributed by atoms with E-state index in [2.05, 4.69) is 15.9 Å². The molecule has 0 aliphatic rings. The Labute approximate surface area is 91.1 Å². The number of hydrogen-bond acceptors (Lipinski definition) is 2.